The van der Waals surface area contributed by atoms with Gasteiger partial charge in [0.2, 0.25) is 0 Å². The average Bonchev–Trinajstić information content (AvgIpc) is 3.24. The number of aryl methyl sites for hydroxylation is 2. The van der Waals surface area contributed by atoms with Crippen molar-refractivity contribution in [3.8, 4) is 5.75 Å². The molecule has 0 atom stereocenters. The second-order valence-electron chi connectivity index (χ2n) is 7.54. The lowest BCUT2D eigenvalue weighted by atomic mass is 10.0. The number of hydrogen-bond donors (Lipinski definition) is 0. The average molecular weight is 384 g/mol. The Labute approximate surface area is 167 Å². The Hall–Kier alpha value is -3.40. The van der Waals surface area contributed by atoms with Crippen LogP contribution in [0, 0.1) is 6.92 Å². The van der Waals surface area contributed by atoms with Gasteiger partial charge in [-0.25, -0.2) is 4.79 Å². The summed E-state index contributed by atoms with van der Waals surface area (Å²) in [5, 5.41) is 3.09. The summed E-state index contributed by atoms with van der Waals surface area (Å²) in [7, 11) is 0. The third kappa shape index (κ3) is 3.01. The minimum absolute atomic E-state index is 0.0696. The van der Waals surface area contributed by atoms with Gasteiger partial charge in [-0.2, -0.15) is 0 Å². The van der Waals surface area contributed by atoms with Crippen LogP contribution in [0.3, 0.4) is 0 Å². The van der Waals surface area contributed by atoms with Crippen LogP contribution in [0.25, 0.3) is 21.7 Å². The SMILES string of the molecule is Cc1c(OCC(=O)c2ccc3ccccc3c2)ccc2c3c(c(=O)oc12)CCC3. The molecule has 4 nitrogen and oxygen atoms in total. The maximum atomic E-state index is 12.6. The Morgan fingerprint density at radius 1 is 1.00 bits per heavy atom. The Balaban J connectivity index is 1.43. The number of ketones is 1. The summed E-state index contributed by atoms with van der Waals surface area (Å²) >= 11 is 0. The molecule has 0 bridgehead atoms. The van der Waals surface area contributed by atoms with E-state index < -0.39 is 0 Å². The number of ether oxygens (including phenoxy) is 1. The van der Waals surface area contributed by atoms with Gasteiger partial charge in [-0.1, -0.05) is 36.4 Å². The van der Waals surface area contributed by atoms with Gasteiger partial charge in [-0.3, -0.25) is 4.79 Å². The maximum absolute atomic E-state index is 12.6. The van der Waals surface area contributed by atoms with Crippen LogP contribution in [0.5, 0.6) is 5.75 Å². The van der Waals surface area contributed by atoms with E-state index in [0.717, 1.165) is 52.1 Å². The van der Waals surface area contributed by atoms with Gasteiger partial charge < -0.3 is 9.15 Å². The predicted octanol–water partition coefficient (Wildman–Crippen LogP) is 5.01. The highest BCUT2D eigenvalue weighted by molar-refractivity contribution is 6.01. The van der Waals surface area contributed by atoms with E-state index >= 15 is 0 Å². The molecule has 4 aromatic rings. The summed E-state index contributed by atoms with van der Waals surface area (Å²) in [5.41, 5.74) is 3.58. The van der Waals surface area contributed by atoms with Crippen molar-refractivity contribution in [2.24, 2.45) is 0 Å². The van der Waals surface area contributed by atoms with E-state index in [2.05, 4.69) is 0 Å². The summed E-state index contributed by atoms with van der Waals surface area (Å²) in [6, 6.07) is 17.4. The molecule has 0 aliphatic heterocycles. The number of benzene rings is 3. The fraction of sp³-hybridized carbons (Fsp3) is 0.200. The molecule has 0 unspecified atom stereocenters. The fourth-order valence-electron chi connectivity index (χ4n) is 4.21. The quantitative estimate of drug-likeness (QED) is 0.367. The lowest BCUT2D eigenvalue weighted by Gasteiger charge is -2.12. The molecule has 29 heavy (non-hydrogen) atoms. The predicted molar refractivity (Wildman–Crippen MR) is 113 cm³/mol. The molecule has 4 heteroatoms. The van der Waals surface area contributed by atoms with E-state index in [1.54, 1.807) is 0 Å². The van der Waals surface area contributed by atoms with Crippen LogP contribution >= 0.6 is 0 Å². The van der Waals surface area contributed by atoms with Gasteiger partial charge in [0.05, 0.1) is 0 Å². The molecule has 5 rings (SSSR count). The summed E-state index contributed by atoms with van der Waals surface area (Å²) in [6.45, 7) is 1.79. The molecule has 0 fully saturated rings. The molecular weight excluding hydrogens is 364 g/mol. The van der Waals surface area contributed by atoms with Crippen LogP contribution in [0.2, 0.25) is 0 Å². The zero-order valence-electron chi connectivity index (χ0n) is 16.2. The topological polar surface area (TPSA) is 56.5 Å². The van der Waals surface area contributed by atoms with Crippen molar-refractivity contribution in [2.75, 3.05) is 6.61 Å². The second kappa shape index (κ2) is 6.89. The first kappa shape index (κ1) is 17.7. The Kier molecular flexibility index (Phi) is 4.20. The highest BCUT2D eigenvalue weighted by atomic mass is 16.5. The van der Waals surface area contributed by atoms with Crippen LogP contribution in [0.4, 0.5) is 0 Å². The Morgan fingerprint density at radius 2 is 1.79 bits per heavy atom. The van der Waals surface area contributed by atoms with Gasteiger partial charge >= 0.3 is 5.63 Å². The molecule has 0 saturated heterocycles. The zero-order chi connectivity index (χ0) is 20.0. The monoisotopic (exact) mass is 384 g/mol. The summed E-state index contributed by atoms with van der Waals surface area (Å²) in [5.74, 6) is 0.471. The van der Waals surface area contributed by atoms with Crippen molar-refractivity contribution >= 4 is 27.5 Å². The highest BCUT2D eigenvalue weighted by Crippen LogP contribution is 2.33. The zero-order valence-corrected chi connectivity index (χ0v) is 16.2. The minimum atomic E-state index is -0.252. The molecule has 0 saturated carbocycles. The molecule has 1 aromatic heterocycles. The molecular formula is C25H20O4. The summed E-state index contributed by atoms with van der Waals surface area (Å²) in [4.78, 5) is 24.9. The smallest absolute Gasteiger partial charge is 0.339 e. The molecule has 1 heterocycles. The van der Waals surface area contributed by atoms with Crippen molar-refractivity contribution in [3.63, 3.8) is 0 Å². The van der Waals surface area contributed by atoms with Crippen molar-refractivity contribution in [2.45, 2.75) is 26.2 Å². The molecule has 0 amide bonds. The minimum Gasteiger partial charge on any atom is -0.485 e. The van der Waals surface area contributed by atoms with Crippen LogP contribution < -0.4 is 10.4 Å². The maximum Gasteiger partial charge on any atom is 0.339 e. The van der Waals surface area contributed by atoms with Crippen LogP contribution in [0.1, 0.15) is 33.5 Å². The van der Waals surface area contributed by atoms with Gasteiger partial charge in [0, 0.05) is 22.1 Å². The van der Waals surface area contributed by atoms with E-state index in [1.807, 2.05) is 61.5 Å². The van der Waals surface area contributed by atoms with Gasteiger partial charge in [-0.05, 0) is 60.7 Å². The third-order valence-electron chi connectivity index (χ3n) is 5.77. The number of fused-ring (bicyclic) bond motifs is 4. The van der Waals surface area contributed by atoms with Crippen molar-refractivity contribution < 1.29 is 13.9 Å². The second-order valence-corrected chi connectivity index (χ2v) is 7.54. The van der Waals surface area contributed by atoms with Gasteiger partial charge in [-0.15, -0.1) is 0 Å². The standard InChI is InChI=1S/C25H20O4/c1-15-23(12-11-20-19-7-4-8-21(19)25(27)29-24(15)20)28-14-22(26)18-10-9-16-5-2-3-6-17(16)13-18/h2-3,5-6,9-13H,4,7-8,14H2,1H3. The van der Waals surface area contributed by atoms with E-state index in [-0.39, 0.29) is 18.0 Å². The number of carbonyl (C=O) groups is 1. The van der Waals surface area contributed by atoms with E-state index in [9.17, 15) is 9.59 Å². The molecule has 0 N–H and O–H groups in total. The molecule has 0 spiro atoms. The molecule has 3 aromatic carbocycles. The van der Waals surface area contributed by atoms with Gasteiger partial charge in [0.25, 0.3) is 0 Å². The van der Waals surface area contributed by atoms with Crippen molar-refractivity contribution in [1.82, 2.24) is 0 Å². The number of rotatable bonds is 4. The number of Topliss-reactive ketones (excluding diaryl/α,β-unsaturated/α-hetero) is 1. The van der Waals surface area contributed by atoms with Gasteiger partial charge in [0.15, 0.2) is 12.4 Å². The lowest BCUT2D eigenvalue weighted by molar-refractivity contribution is 0.0921. The molecule has 144 valence electrons. The largest absolute Gasteiger partial charge is 0.485 e. The normalized spacial score (nSPS) is 13.0. The van der Waals surface area contributed by atoms with Crippen LogP contribution in [-0.2, 0) is 12.8 Å². The van der Waals surface area contributed by atoms with E-state index in [4.69, 9.17) is 9.15 Å². The van der Waals surface area contributed by atoms with Gasteiger partial charge in [0.1, 0.15) is 11.3 Å². The summed E-state index contributed by atoms with van der Waals surface area (Å²) in [6.07, 6.45) is 2.67. The Bertz CT molecular complexity index is 1330. The first-order valence-corrected chi connectivity index (χ1v) is 9.85. The van der Waals surface area contributed by atoms with Crippen LogP contribution in [0.15, 0.2) is 63.8 Å². The summed E-state index contributed by atoms with van der Waals surface area (Å²) < 4.78 is 11.4. The van der Waals surface area contributed by atoms with Crippen molar-refractivity contribution in [1.29, 1.82) is 0 Å². The fourth-order valence-corrected chi connectivity index (χ4v) is 4.21. The third-order valence-corrected chi connectivity index (χ3v) is 5.77. The Morgan fingerprint density at radius 3 is 2.66 bits per heavy atom. The van der Waals surface area contributed by atoms with E-state index in [0.29, 0.717) is 16.9 Å². The molecule has 1 aliphatic carbocycles. The molecule has 0 radical (unpaired) electrons. The van der Waals surface area contributed by atoms with E-state index in [1.165, 1.54) is 0 Å². The first-order valence-electron chi connectivity index (χ1n) is 9.85. The lowest BCUT2D eigenvalue weighted by Crippen LogP contribution is -2.12. The number of carbonyl (C=O) groups excluding carboxylic acids is 1. The van der Waals surface area contributed by atoms with Crippen molar-refractivity contribution in [3.05, 3.63) is 87.3 Å². The highest BCUT2D eigenvalue weighted by Gasteiger charge is 2.21. The number of hydrogen-bond acceptors (Lipinski definition) is 4. The first-order chi connectivity index (χ1) is 14.1. The van der Waals surface area contributed by atoms with Crippen LogP contribution in [-0.4, -0.2) is 12.4 Å². The molecule has 1 aliphatic rings.